The maximum absolute atomic E-state index is 6.45. The van der Waals surface area contributed by atoms with Crippen molar-refractivity contribution in [3.63, 3.8) is 0 Å². The van der Waals surface area contributed by atoms with Crippen LogP contribution in [0.4, 0.5) is 0 Å². The number of hydrogen-bond donors (Lipinski definition) is 0. The summed E-state index contributed by atoms with van der Waals surface area (Å²) in [5.74, 6) is 0.671. The Morgan fingerprint density at radius 3 is 1.96 bits per heavy atom. The van der Waals surface area contributed by atoms with Crippen LogP contribution >= 0.6 is 0 Å². The van der Waals surface area contributed by atoms with E-state index < -0.39 is 16.4 Å². The lowest BCUT2D eigenvalue weighted by molar-refractivity contribution is -0.106. The van der Waals surface area contributed by atoms with Crippen LogP contribution in [0.3, 0.4) is 0 Å². The molecule has 0 fully saturated rings. The minimum Gasteiger partial charge on any atom is -0.416 e. The van der Waals surface area contributed by atoms with Gasteiger partial charge in [-0.3, -0.25) is 0 Å². The highest BCUT2D eigenvalue weighted by atomic mass is 28.4. The molecule has 5 heteroatoms. The lowest BCUT2D eigenvalue weighted by Crippen LogP contribution is -2.43. The fraction of sp³-hybridized carbons (Fsp3) is 0.900. The summed E-state index contributed by atoms with van der Waals surface area (Å²) in [4.78, 5) is 0. The van der Waals surface area contributed by atoms with Crippen molar-refractivity contribution in [1.29, 1.82) is 0 Å². The van der Waals surface area contributed by atoms with Gasteiger partial charge in [-0.15, -0.1) is 0 Å². The molecular formula is C20H44O3Si2. The summed E-state index contributed by atoms with van der Waals surface area (Å²) in [5.41, 5.74) is 0. The zero-order chi connectivity index (χ0) is 20.1. The highest BCUT2D eigenvalue weighted by Gasteiger charge is 2.38. The molecule has 0 rings (SSSR count). The van der Waals surface area contributed by atoms with E-state index in [2.05, 4.69) is 80.4 Å². The van der Waals surface area contributed by atoms with Gasteiger partial charge in [-0.2, -0.15) is 0 Å². The molecule has 0 saturated carbocycles. The minimum absolute atomic E-state index is 0.107. The smallest absolute Gasteiger partial charge is 0.191 e. The van der Waals surface area contributed by atoms with Gasteiger partial charge in [-0.25, -0.2) is 0 Å². The lowest BCUT2D eigenvalue weighted by Gasteiger charge is -2.38. The number of hydrogen-bond acceptors (Lipinski definition) is 3. The predicted octanol–water partition coefficient (Wildman–Crippen LogP) is 6.09. The first kappa shape index (κ1) is 25.1. The molecule has 0 aliphatic rings. The van der Waals surface area contributed by atoms with Gasteiger partial charge < -0.3 is 13.9 Å². The van der Waals surface area contributed by atoms with Crippen LogP contribution < -0.4 is 0 Å². The second-order valence-electron chi connectivity index (χ2n) is 10.0. The third kappa shape index (κ3) is 8.52. The number of rotatable bonds is 10. The average Bonchev–Trinajstić information content (AvgIpc) is 2.43. The van der Waals surface area contributed by atoms with Crippen molar-refractivity contribution in [2.75, 3.05) is 20.5 Å². The van der Waals surface area contributed by atoms with Crippen LogP contribution in [-0.2, 0) is 13.9 Å². The summed E-state index contributed by atoms with van der Waals surface area (Å²) in [5, 5.41) is 1.76. The Morgan fingerprint density at radius 2 is 1.56 bits per heavy atom. The zero-order valence-electron chi connectivity index (χ0n) is 18.9. The van der Waals surface area contributed by atoms with Gasteiger partial charge in [0.15, 0.2) is 8.32 Å². The van der Waals surface area contributed by atoms with Crippen molar-refractivity contribution in [2.45, 2.75) is 85.4 Å². The van der Waals surface area contributed by atoms with Crippen molar-refractivity contribution < 1.29 is 13.9 Å². The minimum atomic E-state index is -1.74. The molecule has 0 bridgehead atoms. The monoisotopic (exact) mass is 388 g/mol. The van der Waals surface area contributed by atoms with Crippen LogP contribution in [0.15, 0.2) is 11.3 Å². The van der Waals surface area contributed by atoms with E-state index in [1.54, 1.807) is 7.11 Å². The van der Waals surface area contributed by atoms with E-state index in [0.29, 0.717) is 18.6 Å². The molecule has 0 amide bonds. The first-order chi connectivity index (χ1) is 11.1. The lowest BCUT2D eigenvalue weighted by atomic mass is 9.93. The Morgan fingerprint density at radius 1 is 1.04 bits per heavy atom. The van der Waals surface area contributed by atoms with Crippen molar-refractivity contribution in [1.82, 2.24) is 0 Å². The second kappa shape index (κ2) is 9.83. The molecule has 0 heterocycles. The third-order valence-electron chi connectivity index (χ3n) is 5.67. The number of allylic oxidation sites excluding steroid dienone is 1. The van der Waals surface area contributed by atoms with E-state index in [9.17, 15) is 0 Å². The number of ether oxygens (including phenoxy) is 2. The molecule has 0 unspecified atom stereocenters. The largest absolute Gasteiger partial charge is 0.416 e. The van der Waals surface area contributed by atoms with Gasteiger partial charge in [0, 0.05) is 25.6 Å². The number of methoxy groups -OCH3 is 1. The molecule has 0 aliphatic carbocycles. The fourth-order valence-electron chi connectivity index (χ4n) is 2.37. The first-order valence-corrected chi connectivity index (χ1v) is 16.0. The average molecular weight is 389 g/mol. The first-order valence-electron chi connectivity index (χ1n) is 9.57. The summed E-state index contributed by atoms with van der Waals surface area (Å²) in [6.07, 6.45) is 2.52. The van der Waals surface area contributed by atoms with Crippen LogP contribution in [0, 0.1) is 11.8 Å². The standard InChI is InChI=1S/C20H44O3Si2/c1-16(13-18(3)24(8,9)10)19(22-15-21-7)17(2)14-23-25(11,12)20(4,5)6/h13,16-17,19H,14-15H2,1-12H3/b18-13-/t16-,17-,19+/m0/s1. The molecule has 0 N–H and O–H groups in total. The van der Waals surface area contributed by atoms with E-state index in [1.165, 1.54) is 5.20 Å². The molecule has 3 nitrogen and oxygen atoms in total. The highest BCUT2D eigenvalue weighted by Crippen LogP contribution is 2.37. The fourth-order valence-corrected chi connectivity index (χ4v) is 4.25. The van der Waals surface area contributed by atoms with Crippen LogP contribution in [0.25, 0.3) is 0 Å². The van der Waals surface area contributed by atoms with Crippen molar-refractivity contribution in [3.05, 3.63) is 11.3 Å². The summed E-state index contributed by atoms with van der Waals surface area (Å²) in [6.45, 7) is 26.5. The van der Waals surface area contributed by atoms with Crippen molar-refractivity contribution in [3.8, 4) is 0 Å². The Kier molecular flexibility index (Phi) is 9.86. The van der Waals surface area contributed by atoms with Gasteiger partial charge in [-0.05, 0) is 25.1 Å². The van der Waals surface area contributed by atoms with Crippen molar-refractivity contribution >= 4 is 16.4 Å². The molecule has 0 aromatic heterocycles. The molecule has 0 radical (unpaired) electrons. The van der Waals surface area contributed by atoms with Crippen LogP contribution in [-0.4, -0.2) is 43.0 Å². The quantitative estimate of drug-likeness (QED) is 0.334. The molecule has 0 aromatic rings. The normalized spacial score (nSPS) is 18.2. The molecule has 0 aromatic carbocycles. The Hall–Kier alpha value is 0.0538. The zero-order valence-corrected chi connectivity index (χ0v) is 20.9. The van der Waals surface area contributed by atoms with E-state index in [4.69, 9.17) is 13.9 Å². The summed E-state index contributed by atoms with van der Waals surface area (Å²) < 4.78 is 17.7. The summed E-state index contributed by atoms with van der Waals surface area (Å²) in [7, 11) is -1.31. The van der Waals surface area contributed by atoms with E-state index >= 15 is 0 Å². The predicted molar refractivity (Wildman–Crippen MR) is 115 cm³/mol. The topological polar surface area (TPSA) is 27.7 Å². The Balaban J connectivity index is 5.13. The molecule has 150 valence electrons. The maximum atomic E-state index is 6.45. The van der Waals surface area contributed by atoms with Gasteiger partial charge in [0.25, 0.3) is 0 Å². The highest BCUT2D eigenvalue weighted by molar-refractivity contribution is 6.82. The summed E-state index contributed by atoms with van der Waals surface area (Å²) in [6, 6.07) is 0. The molecular weight excluding hydrogens is 344 g/mol. The maximum Gasteiger partial charge on any atom is 0.191 e. The molecule has 3 atom stereocenters. The van der Waals surface area contributed by atoms with Gasteiger partial charge in [0.05, 0.1) is 14.2 Å². The summed E-state index contributed by atoms with van der Waals surface area (Å²) >= 11 is 0. The van der Waals surface area contributed by atoms with Crippen LogP contribution in [0.5, 0.6) is 0 Å². The second-order valence-corrected chi connectivity index (χ2v) is 20.1. The molecule has 0 aliphatic heterocycles. The molecule has 0 spiro atoms. The van der Waals surface area contributed by atoms with E-state index in [0.717, 1.165) is 6.61 Å². The molecule has 0 saturated heterocycles. The third-order valence-corrected chi connectivity index (χ3v) is 12.7. The van der Waals surface area contributed by atoms with Gasteiger partial charge in [0.2, 0.25) is 0 Å². The van der Waals surface area contributed by atoms with Crippen molar-refractivity contribution in [2.24, 2.45) is 11.8 Å². The van der Waals surface area contributed by atoms with Crippen LogP contribution in [0.1, 0.15) is 41.5 Å². The van der Waals surface area contributed by atoms with Crippen LogP contribution in [0.2, 0.25) is 37.8 Å². The Bertz CT molecular complexity index is 420. The SMILES string of the molecule is COCO[C@H]([C@@H](C)/C=C(/C)[Si](C)(C)C)[C@@H](C)CO[Si](C)(C)C(C)(C)C. The van der Waals surface area contributed by atoms with E-state index in [-0.39, 0.29) is 11.1 Å². The van der Waals surface area contributed by atoms with E-state index in [1.807, 2.05) is 0 Å². The van der Waals surface area contributed by atoms with Gasteiger partial charge in [0.1, 0.15) is 6.79 Å². The van der Waals surface area contributed by atoms with Gasteiger partial charge in [-0.1, -0.05) is 65.5 Å². The van der Waals surface area contributed by atoms with Gasteiger partial charge >= 0.3 is 0 Å². The molecule has 25 heavy (non-hydrogen) atoms. The Labute approximate surface area is 159 Å².